The zero-order valence-corrected chi connectivity index (χ0v) is 19.3. The van der Waals surface area contributed by atoms with Crippen molar-refractivity contribution in [1.82, 2.24) is 20.2 Å². The number of anilines is 1. The van der Waals surface area contributed by atoms with E-state index in [-0.39, 0.29) is 5.91 Å². The maximum atomic E-state index is 12.5. The maximum Gasteiger partial charge on any atom is 0.252 e. The molecule has 2 aromatic carbocycles. The fraction of sp³-hybridized carbons (Fsp3) is 0.192. The van der Waals surface area contributed by atoms with E-state index in [0.29, 0.717) is 22.8 Å². The Morgan fingerprint density at radius 2 is 1.85 bits per heavy atom. The number of carbonyl (C=O) groups is 1. The summed E-state index contributed by atoms with van der Waals surface area (Å²) in [6, 6.07) is 19.3. The van der Waals surface area contributed by atoms with Crippen molar-refractivity contribution in [3.05, 3.63) is 84.2 Å². The van der Waals surface area contributed by atoms with Crippen LogP contribution in [-0.4, -0.2) is 54.0 Å². The quantitative estimate of drug-likeness (QED) is 0.358. The summed E-state index contributed by atoms with van der Waals surface area (Å²) in [6.07, 6.45) is 1.78. The van der Waals surface area contributed by atoms with E-state index in [1.807, 2.05) is 67.7 Å². The molecule has 0 bridgehead atoms. The number of benzene rings is 2. The van der Waals surface area contributed by atoms with Crippen LogP contribution in [0.15, 0.2) is 73.4 Å². The lowest BCUT2D eigenvalue weighted by Crippen LogP contribution is -2.35. The summed E-state index contributed by atoms with van der Waals surface area (Å²) < 4.78 is 0. The molecular weight excluding hydrogens is 434 g/mol. The molecule has 1 amide bonds. The van der Waals surface area contributed by atoms with Gasteiger partial charge in [0.15, 0.2) is 0 Å². The van der Waals surface area contributed by atoms with E-state index in [0.717, 1.165) is 47.1 Å². The highest BCUT2D eigenvalue weighted by atomic mass is 35.5. The minimum Gasteiger partial charge on any atom is -0.383 e. The number of rotatable bonds is 9. The van der Waals surface area contributed by atoms with E-state index in [4.69, 9.17) is 11.6 Å². The molecule has 0 aliphatic heterocycles. The van der Waals surface area contributed by atoms with Crippen LogP contribution in [0.1, 0.15) is 5.69 Å². The number of hydrogen-bond donors (Lipinski definition) is 2. The highest BCUT2D eigenvalue weighted by Gasteiger charge is 2.11. The molecule has 0 aliphatic carbocycles. The molecule has 7 heteroatoms. The van der Waals surface area contributed by atoms with Gasteiger partial charge < -0.3 is 15.5 Å². The second-order valence-corrected chi connectivity index (χ2v) is 8.31. The minimum atomic E-state index is -0.203. The largest absolute Gasteiger partial charge is 0.383 e. The van der Waals surface area contributed by atoms with Crippen molar-refractivity contribution in [1.29, 1.82) is 0 Å². The standard InChI is InChI=1S/C26H26ClN5O/c1-18(22-10-7-19-5-3-4-6-23(19)31-22)26(33)30-14-16-32(2)15-13-29-24-11-12-28-25-17-20(27)8-9-21(24)25/h3-12,17H,1,13-16H2,2H3,(H,28,29)(H,30,33). The molecule has 2 aromatic heterocycles. The highest BCUT2D eigenvalue weighted by Crippen LogP contribution is 2.24. The van der Waals surface area contributed by atoms with Gasteiger partial charge in [-0.15, -0.1) is 0 Å². The number of likely N-dealkylation sites (N-methyl/N-ethyl adjacent to an activating group) is 1. The van der Waals surface area contributed by atoms with Gasteiger partial charge in [0.25, 0.3) is 5.91 Å². The second-order valence-electron chi connectivity index (χ2n) is 7.87. The summed E-state index contributed by atoms with van der Waals surface area (Å²) in [6.45, 7) is 6.76. The third-order valence-electron chi connectivity index (χ3n) is 5.47. The Kier molecular flexibility index (Phi) is 7.17. The predicted molar refractivity (Wildman–Crippen MR) is 137 cm³/mol. The Hall–Kier alpha value is -3.48. The average molecular weight is 460 g/mol. The van der Waals surface area contributed by atoms with E-state index in [1.165, 1.54) is 0 Å². The number of fused-ring (bicyclic) bond motifs is 2. The lowest BCUT2D eigenvalue weighted by molar-refractivity contribution is -0.115. The molecule has 0 saturated heterocycles. The van der Waals surface area contributed by atoms with Gasteiger partial charge in [0.1, 0.15) is 0 Å². The van der Waals surface area contributed by atoms with Crippen molar-refractivity contribution in [2.45, 2.75) is 0 Å². The summed E-state index contributed by atoms with van der Waals surface area (Å²) in [7, 11) is 2.03. The molecule has 33 heavy (non-hydrogen) atoms. The molecule has 0 spiro atoms. The third kappa shape index (κ3) is 5.66. The van der Waals surface area contributed by atoms with Gasteiger partial charge in [0, 0.05) is 53.9 Å². The number of amides is 1. The number of nitrogens with zero attached hydrogens (tertiary/aromatic N) is 3. The molecule has 4 aromatic rings. The minimum absolute atomic E-state index is 0.203. The van der Waals surface area contributed by atoms with Crippen LogP contribution in [0.5, 0.6) is 0 Å². The first kappa shape index (κ1) is 22.7. The summed E-state index contributed by atoms with van der Waals surface area (Å²) in [5.41, 5.74) is 3.70. The Morgan fingerprint density at radius 3 is 2.73 bits per heavy atom. The number of halogens is 1. The van der Waals surface area contributed by atoms with E-state index >= 15 is 0 Å². The van der Waals surface area contributed by atoms with Gasteiger partial charge >= 0.3 is 0 Å². The number of para-hydroxylation sites is 1. The summed E-state index contributed by atoms with van der Waals surface area (Å²) in [5, 5.41) is 9.14. The van der Waals surface area contributed by atoms with Gasteiger partial charge in [0.05, 0.1) is 22.3 Å². The molecule has 0 unspecified atom stereocenters. The van der Waals surface area contributed by atoms with Gasteiger partial charge in [0.2, 0.25) is 0 Å². The van der Waals surface area contributed by atoms with Crippen LogP contribution in [0.25, 0.3) is 27.4 Å². The monoisotopic (exact) mass is 459 g/mol. The van der Waals surface area contributed by atoms with Gasteiger partial charge in [-0.3, -0.25) is 9.78 Å². The lowest BCUT2D eigenvalue weighted by Gasteiger charge is -2.18. The Morgan fingerprint density at radius 1 is 1.03 bits per heavy atom. The maximum absolute atomic E-state index is 12.5. The molecule has 168 valence electrons. The van der Waals surface area contributed by atoms with Crippen molar-refractivity contribution < 1.29 is 4.79 Å². The molecule has 0 saturated carbocycles. The van der Waals surface area contributed by atoms with Crippen molar-refractivity contribution in [2.24, 2.45) is 0 Å². The van der Waals surface area contributed by atoms with Crippen LogP contribution in [0.3, 0.4) is 0 Å². The summed E-state index contributed by atoms with van der Waals surface area (Å²) in [4.78, 5) is 23.6. The van der Waals surface area contributed by atoms with Gasteiger partial charge in [-0.25, -0.2) is 4.98 Å². The van der Waals surface area contributed by atoms with Gasteiger partial charge in [-0.05, 0) is 43.4 Å². The first-order valence-electron chi connectivity index (χ1n) is 10.8. The number of hydrogen-bond acceptors (Lipinski definition) is 5. The molecule has 4 rings (SSSR count). The number of aromatic nitrogens is 2. The van der Waals surface area contributed by atoms with Crippen LogP contribution < -0.4 is 10.6 Å². The second kappa shape index (κ2) is 10.4. The first-order chi connectivity index (χ1) is 16.0. The fourth-order valence-corrected chi connectivity index (χ4v) is 3.75. The molecule has 2 heterocycles. The van der Waals surface area contributed by atoms with Crippen molar-refractivity contribution in [3.8, 4) is 0 Å². The average Bonchev–Trinajstić information content (AvgIpc) is 2.83. The molecule has 0 fully saturated rings. The van der Waals surface area contributed by atoms with Crippen LogP contribution in [0, 0.1) is 0 Å². The zero-order chi connectivity index (χ0) is 23.2. The van der Waals surface area contributed by atoms with Crippen molar-refractivity contribution in [3.63, 3.8) is 0 Å². The Labute approximate surface area is 198 Å². The van der Waals surface area contributed by atoms with Crippen molar-refractivity contribution in [2.75, 3.05) is 38.5 Å². The number of pyridine rings is 2. The first-order valence-corrected chi connectivity index (χ1v) is 11.2. The number of carbonyl (C=O) groups excluding carboxylic acids is 1. The zero-order valence-electron chi connectivity index (χ0n) is 18.5. The summed E-state index contributed by atoms with van der Waals surface area (Å²) >= 11 is 6.06. The van der Waals surface area contributed by atoms with Gasteiger partial charge in [-0.1, -0.05) is 42.4 Å². The molecular formula is C26H26ClN5O. The normalized spacial score (nSPS) is 11.1. The Balaban J connectivity index is 1.22. The highest BCUT2D eigenvalue weighted by molar-refractivity contribution is 6.31. The molecule has 0 aliphatic rings. The van der Waals surface area contributed by atoms with Crippen LogP contribution in [0.4, 0.5) is 5.69 Å². The van der Waals surface area contributed by atoms with Gasteiger partial charge in [-0.2, -0.15) is 0 Å². The fourth-order valence-electron chi connectivity index (χ4n) is 3.59. The SMILES string of the molecule is C=C(C(=O)NCCN(C)CCNc1ccnc2cc(Cl)ccc12)c1ccc2ccccc2n1. The van der Waals surface area contributed by atoms with Crippen LogP contribution >= 0.6 is 11.6 Å². The van der Waals surface area contributed by atoms with E-state index in [1.54, 1.807) is 6.20 Å². The third-order valence-corrected chi connectivity index (χ3v) is 5.71. The molecule has 2 N–H and O–H groups in total. The van der Waals surface area contributed by atoms with E-state index in [9.17, 15) is 4.79 Å². The molecule has 0 radical (unpaired) electrons. The summed E-state index contributed by atoms with van der Waals surface area (Å²) in [5.74, 6) is -0.203. The molecule has 0 atom stereocenters. The number of nitrogens with one attached hydrogen (secondary N) is 2. The Bertz CT molecular complexity index is 1310. The van der Waals surface area contributed by atoms with Crippen LogP contribution in [0.2, 0.25) is 5.02 Å². The predicted octanol–water partition coefficient (Wildman–Crippen LogP) is 4.61. The molecule has 6 nitrogen and oxygen atoms in total. The van der Waals surface area contributed by atoms with Crippen molar-refractivity contribution >= 4 is 50.6 Å². The van der Waals surface area contributed by atoms with E-state index in [2.05, 4.69) is 32.1 Å². The smallest absolute Gasteiger partial charge is 0.252 e. The van der Waals surface area contributed by atoms with E-state index < -0.39 is 0 Å². The topological polar surface area (TPSA) is 70.2 Å². The van der Waals surface area contributed by atoms with Crippen LogP contribution in [-0.2, 0) is 4.79 Å². The lowest BCUT2D eigenvalue weighted by atomic mass is 10.1.